The Kier molecular flexibility index (Phi) is 6.80. The fourth-order valence-electron chi connectivity index (χ4n) is 4.09. The van der Waals surface area contributed by atoms with Crippen LogP contribution in [0.5, 0.6) is 0 Å². The highest BCUT2D eigenvalue weighted by molar-refractivity contribution is 6.35. The Balaban J connectivity index is 1.57. The van der Waals surface area contributed by atoms with Crippen molar-refractivity contribution in [3.63, 3.8) is 0 Å². The van der Waals surface area contributed by atoms with Gasteiger partial charge in [0.2, 0.25) is 5.95 Å². The molecule has 8 nitrogen and oxygen atoms in total. The summed E-state index contributed by atoms with van der Waals surface area (Å²) in [5.74, 6) is 0.247. The third-order valence-electron chi connectivity index (χ3n) is 5.79. The molecule has 32 heavy (non-hydrogen) atoms. The number of ether oxygens (including phenoxy) is 1. The average Bonchev–Trinajstić information content (AvgIpc) is 3.07. The minimum Gasteiger partial charge on any atom is -0.382 e. The van der Waals surface area contributed by atoms with Crippen LogP contribution in [0.2, 0.25) is 0 Å². The zero-order valence-electron chi connectivity index (χ0n) is 18.7. The Bertz CT molecular complexity index is 982. The molecule has 2 aliphatic heterocycles. The van der Waals surface area contributed by atoms with E-state index in [1.807, 2.05) is 43.0 Å². The largest absolute Gasteiger partial charge is 0.382 e. The van der Waals surface area contributed by atoms with Crippen molar-refractivity contribution in [3.8, 4) is 0 Å². The lowest BCUT2D eigenvalue weighted by Crippen LogP contribution is -2.48. The van der Waals surface area contributed by atoms with Gasteiger partial charge >= 0.3 is 0 Å². The summed E-state index contributed by atoms with van der Waals surface area (Å²) in [5.41, 5.74) is 2.89. The number of rotatable bonds is 8. The van der Waals surface area contributed by atoms with Gasteiger partial charge in [0.25, 0.3) is 11.8 Å². The quantitative estimate of drug-likeness (QED) is 0.464. The molecular formula is C24H29N5O3. The van der Waals surface area contributed by atoms with Gasteiger partial charge in [-0.15, -0.1) is 0 Å². The SMILES string of the molecule is CCOCCCN1C(=O)C(c2ccc(C)cc2)=C(N2CCN(c3ncccn3)CC2)C1=O. The van der Waals surface area contributed by atoms with Crippen molar-refractivity contribution in [1.29, 1.82) is 0 Å². The number of aromatic nitrogens is 2. The molecule has 1 fully saturated rings. The van der Waals surface area contributed by atoms with Gasteiger partial charge in [-0.25, -0.2) is 9.97 Å². The van der Waals surface area contributed by atoms with Crippen LogP contribution in [0.4, 0.5) is 5.95 Å². The number of aryl methyl sites for hydroxylation is 1. The third kappa shape index (κ3) is 4.50. The Hall–Kier alpha value is -3.26. The monoisotopic (exact) mass is 435 g/mol. The predicted octanol–water partition coefficient (Wildman–Crippen LogP) is 2.11. The zero-order chi connectivity index (χ0) is 22.5. The first-order valence-electron chi connectivity index (χ1n) is 11.1. The molecule has 3 heterocycles. The van der Waals surface area contributed by atoms with Crippen LogP contribution >= 0.6 is 0 Å². The van der Waals surface area contributed by atoms with E-state index < -0.39 is 0 Å². The normalized spacial score (nSPS) is 17.0. The first kappa shape index (κ1) is 22.0. The molecule has 8 heteroatoms. The van der Waals surface area contributed by atoms with E-state index in [1.54, 1.807) is 18.5 Å². The highest BCUT2D eigenvalue weighted by Crippen LogP contribution is 2.32. The van der Waals surface area contributed by atoms with E-state index in [1.165, 1.54) is 4.90 Å². The number of hydrogen-bond donors (Lipinski definition) is 0. The molecule has 4 rings (SSSR count). The average molecular weight is 436 g/mol. The van der Waals surface area contributed by atoms with Crippen LogP contribution in [0.25, 0.3) is 5.57 Å². The van der Waals surface area contributed by atoms with Crippen LogP contribution in [-0.2, 0) is 14.3 Å². The Morgan fingerprint density at radius 2 is 1.59 bits per heavy atom. The van der Waals surface area contributed by atoms with Gasteiger partial charge in [-0.3, -0.25) is 14.5 Å². The van der Waals surface area contributed by atoms with E-state index in [4.69, 9.17) is 4.74 Å². The molecule has 2 aliphatic rings. The maximum atomic E-state index is 13.4. The van der Waals surface area contributed by atoms with Crippen molar-refractivity contribution in [3.05, 3.63) is 59.5 Å². The molecule has 2 aromatic rings. The standard InChI is InChI=1S/C24H29N5O3/c1-3-32-17-5-12-29-22(30)20(19-8-6-18(2)7-9-19)21(23(29)31)27-13-15-28(16-14-27)24-25-10-4-11-26-24/h4,6-11H,3,5,12-17H2,1-2H3. The number of piperazine rings is 1. The second-order valence-electron chi connectivity index (χ2n) is 7.92. The van der Waals surface area contributed by atoms with Gasteiger partial charge in [-0.2, -0.15) is 0 Å². The molecular weight excluding hydrogens is 406 g/mol. The Morgan fingerprint density at radius 1 is 0.938 bits per heavy atom. The fraction of sp³-hybridized carbons (Fsp3) is 0.417. The summed E-state index contributed by atoms with van der Waals surface area (Å²) in [6, 6.07) is 9.59. The topological polar surface area (TPSA) is 78.9 Å². The summed E-state index contributed by atoms with van der Waals surface area (Å²) < 4.78 is 5.39. The third-order valence-corrected chi connectivity index (χ3v) is 5.79. The van der Waals surface area contributed by atoms with Crippen LogP contribution < -0.4 is 4.90 Å². The lowest BCUT2D eigenvalue weighted by molar-refractivity contribution is -0.137. The summed E-state index contributed by atoms with van der Waals surface area (Å²) in [4.78, 5) is 40.9. The van der Waals surface area contributed by atoms with Crippen LogP contribution in [0.1, 0.15) is 24.5 Å². The van der Waals surface area contributed by atoms with E-state index >= 15 is 0 Å². The smallest absolute Gasteiger partial charge is 0.277 e. The number of imide groups is 1. The lowest BCUT2D eigenvalue weighted by atomic mass is 10.0. The van der Waals surface area contributed by atoms with Crippen LogP contribution in [0.3, 0.4) is 0 Å². The molecule has 1 saturated heterocycles. The van der Waals surface area contributed by atoms with Crippen molar-refractivity contribution < 1.29 is 14.3 Å². The van der Waals surface area contributed by atoms with Gasteiger partial charge in [-0.1, -0.05) is 29.8 Å². The van der Waals surface area contributed by atoms with Gasteiger partial charge in [0.15, 0.2) is 0 Å². The second-order valence-corrected chi connectivity index (χ2v) is 7.92. The highest BCUT2D eigenvalue weighted by atomic mass is 16.5. The van der Waals surface area contributed by atoms with E-state index in [2.05, 4.69) is 14.9 Å². The summed E-state index contributed by atoms with van der Waals surface area (Å²) >= 11 is 0. The minimum atomic E-state index is -0.223. The summed E-state index contributed by atoms with van der Waals surface area (Å²) in [6.07, 6.45) is 4.08. The zero-order valence-corrected chi connectivity index (χ0v) is 18.7. The molecule has 1 aromatic heterocycles. The Morgan fingerprint density at radius 3 is 2.25 bits per heavy atom. The number of carbonyl (C=O) groups is 2. The van der Waals surface area contributed by atoms with Gasteiger partial charge in [0.05, 0.1) is 5.57 Å². The highest BCUT2D eigenvalue weighted by Gasteiger charge is 2.41. The molecule has 0 unspecified atom stereocenters. The molecule has 0 radical (unpaired) electrons. The lowest BCUT2D eigenvalue weighted by Gasteiger charge is -2.36. The first-order chi connectivity index (χ1) is 15.6. The number of carbonyl (C=O) groups excluding carboxylic acids is 2. The van der Waals surface area contributed by atoms with E-state index in [0.717, 1.165) is 11.1 Å². The van der Waals surface area contributed by atoms with Crippen LogP contribution in [-0.4, -0.2) is 77.5 Å². The van der Waals surface area contributed by atoms with Gasteiger partial charge in [0.1, 0.15) is 5.70 Å². The molecule has 0 atom stereocenters. The summed E-state index contributed by atoms with van der Waals surface area (Å²) in [5, 5.41) is 0. The summed E-state index contributed by atoms with van der Waals surface area (Å²) in [6.45, 7) is 8.04. The number of amides is 2. The maximum absolute atomic E-state index is 13.4. The maximum Gasteiger partial charge on any atom is 0.277 e. The fourth-order valence-corrected chi connectivity index (χ4v) is 4.09. The van der Waals surface area contributed by atoms with Crippen molar-refractivity contribution in [2.75, 3.05) is 50.8 Å². The van der Waals surface area contributed by atoms with Crippen LogP contribution in [0.15, 0.2) is 48.4 Å². The van der Waals surface area contributed by atoms with Crippen molar-refractivity contribution in [2.24, 2.45) is 0 Å². The first-order valence-corrected chi connectivity index (χ1v) is 11.1. The van der Waals surface area contributed by atoms with Crippen LogP contribution in [0, 0.1) is 6.92 Å². The second kappa shape index (κ2) is 9.91. The number of hydrogen-bond acceptors (Lipinski definition) is 7. The molecule has 1 aromatic carbocycles. The minimum absolute atomic E-state index is 0.216. The molecule has 0 bridgehead atoms. The van der Waals surface area contributed by atoms with Gasteiger partial charge in [-0.05, 0) is 31.9 Å². The molecule has 0 N–H and O–H groups in total. The molecule has 2 amide bonds. The molecule has 0 saturated carbocycles. The molecule has 0 spiro atoms. The number of anilines is 1. The van der Waals surface area contributed by atoms with Crippen molar-refractivity contribution >= 4 is 23.3 Å². The predicted molar refractivity (Wildman–Crippen MR) is 122 cm³/mol. The molecule has 0 aliphatic carbocycles. The number of benzene rings is 1. The van der Waals surface area contributed by atoms with Gasteiger partial charge in [0, 0.05) is 58.3 Å². The van der Waals surface area contributed by atoms with Gasteiger partial charge < -0.3 is 14.5 Å². The Labute approximate surface area is 188 Å². The summed E-state index contributed by atoms with van der Waals surface area (Å²) in [7, 11) is 0. The van der Waals surface area contributed by atoms with E-state index in [0.29, 0.717) is 69.6 Å². The molecule has 168 valence electrons. The number of nitrogens with zero attached hydrogens (tertiary/aromatic N) is 5. The van der Waals surface area contributed by atoms with E-state index in [9.17, 15) is 9.59 Å². The van der Waals surface area contributed by atoms with Crippen molar-refractivity contribution in [2.45, 2.75) is 20.3 Å². The van der Waals surface area contributed by atoms with E-state index in [-0.39, 0.29) is 11.8 Å². The van der Waals surface area contributed by atoms with Crippen molar-refractivity contribution in [1.82, 2.24) is 19.8 Å².